The maximum atomic E-state index is 10.0. The highest BCUT2D eigenvalue weighted by Crippen LogP contribution is 2.22. The highest BCUT2D eigenvalue weighted by molar-refractivity contribution is 4.90. The Hall–Kier alpha value is -0.540. The number of hydrogen-bond donors (Lipinski definition) is 5. The van der Waals surface area contributed by atoms with E-state index in [1.165, 1.54) is 64.2 Å². The van der Waals surface area contributed by atoms with Crippen molar-refractivity contribution in [2.75, 3.05) is 13.2 Å². The second-order valence-electron chi connectivity index (χ2n) is 8.68. The van der Waals surface area contributed by atoms with Crippen LogP contribution < -0.4 is 0 Å². The normalized spacial score (nSPS) is 27.7. The van der Waals surface area contributed by atoms with Crippen molar-refractivity contribution in [2.24, 2.45) is 0 Å². The number of ether oxygens (including phenoxy) is 2. The number of unbranched alkanes of at least 4 members (excludes halogenated alkanes) is 11. The summed E-state index contributed by atoms with van der Waals surface area (Å²) in [5.74, 6) is 0. The van der Waals surface area contributed by atoms with Crippen molar-refractivity contribution in [3.05, 3.63) is 12.2 Å². The Morgan fingerprint density at radius 3 is 2.00 bits per heavy atom. The summed E-state index contributed by atoms with van der Waals surface area (Å²) in [6, 6.07) is 0. The van der Waals surface area contributed by atoms with Gasteiger partial charge in [-0.2, -0.15) is 0 Å². The predicted molar refractivity (Wildman–Crippen MR) is 121 cm³/mol. The van der Waals surface area contributed by atoms with Gasteiger partial charge in [0.2, 0.25) is 0 Å². The van der Waals surface area contributed by atoms with E-state index in [-0.39, 0.29) is 6.61 Å². The summed E-state index contributed by atoms with van der Waals surface area (Å²) in [5, 5.41) is 48.6. The first-order valence-corrected chi connectivity index (χ1v) is 12.3. The molecule has 1 heterocycles. The maximum absolute atomic E-state index is 10.0. The molecule has 7 nitrogen and oxygen atoms in total. The third-order valence-corrected chi connectivity index (χ3v) is 5.88. The molecule has 0 spiro atoms. The lowest BCUT2D eigenvalue weighted by atomic mass is 9.99. The van der Waals surface area contributed by atoms with Crippen LogP contribution in [0, 0.1) is 0 Å². The largest absolute Gasteiger partial charge is 0.394 e. The standard InChI is InChI=1S/C24H46O7/c1-2-3-4-5-6-7-8-9-10-11-12-13-14-15-19(26)16-17-30-24-23(29)22(28)21(27)20(18-25)31-24/h14-15,19-29H,2-13,16-18H2,1H3/b15-14+/t19-,20?,21?,22?,23?,24?/m1/s1. The zero-order valence-corrected chi connectivity index (χ0v) is 19.3. The Morgan fingerprint density at radius 2 is 1.42 bits per heavy atom. The first-order valence-electron chi connectivity index (χ1n) is 12.3. The summed E-state index contributed by atoms with van der Waals surface area (Å²) in [6.07, 6.45) is 12.4. The van der Waals surface area contributed by atoms with Gasteiger partial charge in [0.15, 0.2) is 6.29 Å². The van der Waals surface area contributed by atoms with Gasteiger partial charge in [0.25, 0.3) is 0 Å². The molecular weight excluding hydrogens is 400 g/mol. The molecule has 7 heteroatoms. The third kappa shape index (κ3) is 12.3. The molecule has 1 rings (SSSR count). The van der Waals surface area contributed by atoms with E-state index >= 15 is 0 Å². The zero-order valence-electron chi connectivity index (χ0n) is 19.3. The van der Waals surface area contributed by atoms with Crippen LogP contribution in [0.2, 0.25) is 0 Å². The minimum atomic E-state index is -1.45. The topological polar surface area (TPSA) is 120 Å². The Kier molecular flexibility index (Phi) is 16.5. The minimum Gasteiger partial charge on any atom is -0.394 e. The van der Waals surface area contributed by atoms with Crippen molar-refractivity contribution in [1.82, 2.24) is 0 Å². The minimum absolute atomic E-state index is 0.118. The summed E-state index contributed by atoms with van der Waals surface area (Å²) < 4.78 is 10.7. The predicted octanol–water partition coefficient (Wildman–Crippen LogP) is 2.81. The maximum Gasteiger partial charge on any atom is 0.186 e. The average Bonchev–Trinajstić information content (AvgIpc) is 2.77. The lowest BCUT2D eigenvalue weighted by Crippen LogP contribution is -2.59. The monoisotopic (exact) mass is 446 g/mol. The fourth-order valence-corrected chi connectivity index (χ4v) is 3.79. The van der Waals surface area contributed by atoms with E-state index in [4.69, 9.17) is 14.6 Å². The molecule has 0 bridgehead atoms. The molecule has 1 aliphatic rings. The molecule has 31 heavy (non-hydrogen) atoms. The number of aliphatic hydroxyl groups is 5. The molecule has 6 atom stereocenters. The smallest absolute Gasteiger partial charge is 0.186 e. The van der Waals surface area contributed by atoms with Crippen LogP contribution in [0.3, 0.4) is 0 Å². The molecule has 0 aliphatic carbocycles. The van der Waals surface area contributed by atoms with E-state index in [2.05, 4.69) is 6.92 Å². The quantitative estimate of drug-likeness (QED) is 0.162. The van der Waals surface area contributed by atoms with Gasteiger partial charge in [0.05, 0.1) is 19.3 Å². The summed E-state index contributed by atoms with van der Waals surface area (Å²) in [7, 11) is 0. The van der Waals surface area contributed by atoms with Gasteiger partial charge in [-0.05, 0) is 12.8 Å². The van der Waals surface area contributed by atoms with E-state index < -0.39 is 43.4 Å². The molecule has 5 unspecified atom stereocenters. The second kappa shape index (κ2) is 18.0. The lowest BCUT2D eigenvalue weighted by Gasteiger charge is -2.39. The molecular formula is C24H46O7. The zero-order chi connectivity index (χ0) is 22.9. The summed E-state index contributed by atoms with van der Waals surface area (Å²) in [5.41, 5.74) is 0. The molecule has 0 saturated carbocycles. The number of hydrogen-bond acceptors (Lipinski definition) is 7. The van der Waals surface area contributed by atoms with Crippen molar-refractivity contribution in [3.8, 4) is 0 Å². The van der Waals surface area contributed by atoms with Crippen LogP contribution in [0.15, 0.2) is 12.2 Å². The highest BCUT2D eigenvalue weighted by Gasteiger charge is 2.43. The molecule has 0 amide bonds. The Labute approximate surface area is 188 Å². The molecule has 1 fully saturated rings. The van der Waals surface area contributed by atoms with Gasteiger partial charge in [-0.25, -0.2) is 0 Å². The fraction of sp³-hybridized carbons (Fsp3) is 0.917. The summed E-state index contributed by atoms with van der Waals surface area (Å²) in [6.45, 7) is 1.88. The Balaban J connectivity index is 2.01. The highest BCUT2D eigenvalue weighted by atomic mass is 16.7. The summed E-state index contributed by atoms with van der Waals surface area (Å²) in [4.78, 5) is 0. The van der Waals surface area contributed by atoms with Gasteiger partial charge in [0.1, 0.15) is 24.4 Å². The van der Waals surface area contributed by atoms with Crippen LogP contribution in [0.4, 0.5) is 0 Å². The van der Waals surface area contributed by atoms with Crippen LogP contribution in [0.1, 0.15) is 90.4 Å². The van der Waals surface area contributed by atoms with Gasteiger partial charge in [-0.15, -0.1) is 0 Å². The number of rotatable bonds is 18. The van der Waals surface area contributed by atoms with E-state index in [1.54, 1.807) is 6.08 Å². The lowest BCUT2D eigenvalue weighted by molar-refractivity contribution is -0.301. The average molecular weight is 447 g/mol. The third-order valence-electron chi connectivity index (χ3n) is 5.88. The van der Waals surface area contributed by atoms with Crippen molar-refractivity contribution in [3.63, 3.8) is 0 Å². The van der Waals surface area contributed by atoms with Gasteiger partial charge >= 0.3 is 0 Å². The van der Waals surface area contributed by atoms with Gasteiger partial charge in [0, 0.05) is 6.42 Å². The Morgan fingerprint density at radius 1 is 0.839 bits per heavy atom. The van der Waals surface area contributed by atoms with Gasteiger partial charge < -0.3 is 35.0 Å². The van der Waals surface area contributed by atoms with Gasteiger partial charge in [-0.1, -0.05) is 83.3 Å². The van der Waals surface area contributed by atoms with Crippen molar-refractivity contribution < 1.29 is 35.0 Å². The number of allylic oxidation sites excluding steroid dienone is 1. The molecule has 0 radical (unpaired) electrons. The molecule has 0 aromatic carbocycles. The van der Waals surface area contributed by atoms with Crippen LogP contribution in [0.25, 0.3) is 0 Å². The van der Waals surface area contributed by atoms with E-state index in [9.17, 15) is 20.4 Å². The van der Waals surface area contributed by atoms with E-state index in [1.807, 2.05) is 6.08 Å². The first kappa shape index (κ1) is 28.5. The fourth-order valence-electron chi connectivity index (χ4n) is 3.79. The molecule has 0 aromatic rings. The van der Waals surface area contributed by atoms with Crippen LogP contribution in [-0.2, 0) is 9.47 Å². The molecule has 0 aromatic heterocycles. The van der Waals surface area contributed by atoms with Crippen molar-refractivity contribution >= 4 is 0 Å². The Bertz CT molecular complexity index is 444. The van der Waals surface area contributed by atoms with E-state index in [0.717, 1.165) is 12.8 Å². The first-order chi connectivity index (χ1) is 15.0. The molecule has 1 aliphatic heterocycles. The van der Waals surface area contributed by atoms with E-state index in [0.29, 0.717) is 6.42 Å². The molecule has 1 saturated heterocycles. The molecule has 5 N–H and O–H groups in total. The number of aliphatic hydroxyl groups excluding tert-OH is 5. The van der Waals surface area contributed by atoms with Crippen LogP contribution in [0.5, 0.6) is 0 Å². The van der Waals surface area contributed by atoms with Crippen LogP contribution in [-0.4, -0.2) is 75.6 Å². The van der Waals surface area contributed by atoms with Crippen molar-refractivity contribution in [2.45, 2.75) is 127 Å². The SMILES string of the molecule is CCCCCCCCCCCCC/C=C/[C@@H](O)CCOC1OC(CO)C(O)C(O)C1O. The summed E-state index contributed by atoms with van der Waals surface area (Å²) >= 11 is 0. The van der Waals surface area contributed by atoms with Crippen molar-refractivity contribution in [1.29, 1.82) is 0 Å². The second-order valence-corrected chi connectivity index (χ2v) is 8.68. The van der Waals surface area contributed by atoms with Gasteiger partial charge in [-0.3, -0.25) is 0 Å². The van der Waals surface area contributed by atoms with Crippen LogP contribution >= 0.6 is 0 Å². The molecule has 184 valence electrons.